The van der Waals surface area contributed by atoms with Crippen LogP contribution in [0.1, 0.15) is 298 Å². The van der Waals surface area contributed by atoms with Crippen LogP contribution in [0.25, 0.3) is 0 Å². The zero-order valence-electron chi connectivity index (χ0n) is 42.0. The Hall–Kier alpha value is -1.59. The molecule has 61 heavy (non-hydrogen) atoms. The summed E-state index contributed by atoms with van der Waals surface area (Å²) >= 11 is 0. The second-order valence-corrected chi connectivity index (χ2v) is 20.3. The summed E-state index contributed by atoms with van der Waals surface area (Å²) in [6, 6.07) is 0. The predicted molar refractivity (Wildman–Crippen MR) is 261 cm³/mol. The first kappa shape index (κ1) is 59.4. The van der Waals surface area contributed by atoms with Gasteiger partial charge < -0.3 is 14.2 Å². The van der Waals surface area contributed by atoms with Crippen LogP contribution in [0.2, 0.25) is 0 Å². The minimum absolute atomic E-state index is 0.0644. The summed E-state index contributed by atoms with van der Waals surface area (Å²) in [5.74, 6) is 1.62. The molecule has 0 aromatic carbocycles. The summed E-state index contributed by atoms with van der Waals surface area (Å²) in [5.41, 5.74) is 0. The minimum Gasteiger partial charge on any atom is -0.462 e. The Morgan fingerprint density at radius 1 is 0.279 bits per heavy atom. The van der Waals surface area contributed by atoms with Crippen LogP contribution in [0.15, 0.2) is 0 Å². The lowest BCUT2D eigenvalue weighted by Gasteiger charge is -2.18. The van der Waals surface area contributed by atoms with Crippen LogP contribution < -0.4 is 0 Å². The fraction of sp³-hybridized carbons (Fsp3) is 0.945. The van der Waals surface area contributed by atoms with Crippen LogP contribution in [0.4, 0.5) is 0 Å². The van der Waals surface area contributed by atoms with Crippen molar-refractivity contribution in [2.24, 2.45) is 17.8 Å². The lowest BCUT2D eigenvalue weighted by Crippen LogP contribution is -2.30. The number of ether oxygens (including phenoxy) is 3. The van der Waals surface area contributed by atoms with Crippen LogP contribution in [-0.2, 0) is 28.6 Å². The van der Waals surface area contributed by atoms with E-state index >= 15 is 0 Å². The number of esters is 3. The van der Waals surface area contributed by atoms with Gasteiger partial charge in [-0.2, -0.15) is 0 Å². The highest BCUT2D eigenvalue weighted by molar-refractivity contribution is 5.71. The number of carbonyl (C=O) groups is 3. The molecule has 6 nitrogen and oxygen atoms in total. The van der Waals surface area contributed by atoms with E-state index in [1.807, 2.05) is 0 Å². The lowest BCUT2D eigenvalue weighted by atomic mass is 10.0. The van der Waals surface area contributed by atoms with Gasteiger partial charge in [0.15, 0.2) is 6.10 Å². The van der Waals surface area contributed by atoms with Gasteiger partial charge in [0.25, 0.3) is 0 Å². The van der Waals surface area contributed by atoms with Crippen molar-refractivity contribution in [3.05, 3.63) is 0 Å². The molecule has 1 atom stereocenters. The third-order valence-corrected chi connectivity index (χ3v) is 12.4. The molecule has 0 heterocycles. The monoisotopic (exact) mass is 863 g/mol. The summed E-state index contributed by atoms with van der Waals surface area (Å²) in [6.45, 7) is 13.7. The third kappa shape index (κ3) is 49.3. The number of hydrogen-bond acceptors (Lipinski definition) is 6. The predicted octanol–water partition coefficient (Wildman–Crippen LogP) is 17.6. The van der Waals surface area contributed by atoms with Gasteiger partial charge in [-0.25, -0.2) is 0 Å². The number of hydrogen-bond donors (Lipinski definition) is 0. The molecule has 0 aliphatic carbocycles. The molecule has 0 radical (unpaired) electrons. The number of unbranched alkanes of at least 4 members (excludes halogenated alkanes) is 31. The molecule has 0 aliphatic heterocycles. The van der Waals surface area contributed by atoms with Crippen LogP contribution in [0, 0.1) is 17.8 Å². The molecule has 0 unspecified atom stereocenters. The first-order valence-corrected chi connectivity index (χ1v) is 27.1. The Balaban J connectivity index is 4.28. The van der Waals surface area contributed by atoms with Crippen molar-refractivity contribution >= 4 is 17.9 Å². The quantitative estimate of drug-likeness (QED) is 0.0344. The van der Waals surface area contributed by atoms with E-state index in [1.165, 1.54) is 180 Å². The van der Waals surface area contributed by atoms with Crippen LogP contribution in [-0.4, -0.2) is 37.2 Å². The number of rotatable bonds is 48. The van der Waals surface area contributed by atoms with Gasteiger partial charge in [-0.05, 0) is 37.0 Å². The molecule has 0 saturated carbocycles. The Bertz CT molecular complexity index is 945. The molecule has 362 valence electrons. The molecule has 0 spiro atoms. The van der Waals surface area contributed by atoms with Gasteiger partial charge >= 0.3 is 17.9 Å². The first-order chi connectivity index (χ1) is 29.6. The minimum atomic E-state index is -0.763. The van der Waals surface area contributed by atoms with Crippen LogP contribution in [0.5, 0.6) is 0 Å². The maximum absolute atomic E-state index is 12.8. The normalized spacial score (nSPS) is 12.1. The Kier molecular flexibility index (Phi) is 45.2. The molecule has 0 N–H and O–H groups in total. The molecule has 0 aromatic heterocycles. The highest BCUT2D eigenvalue weighted by Crippen LogP contribution is 2.18. The average Bonchev–Trinajstić information content (AvgIpc) is 3.22. The van der Waals surface area contributed by atoms with Gasteiger partial charge in [-0.1, -0.05) is 260 Å². The summed E-state index contributed by atoms with van der Waals surface area (Å²) in [4.78, 5) is 38.0. The van der Waals surface area contributed by atoms with Gasteiger partial charge in [0, 0.05) is 19.3 Å². The molecular formula is C55H106O6. The van der Waals surface area contributed by atoms with E-state index in [1.54, 1.807) is 0 Å². The molecule has 0 amide bonds. The van der Waals surface area contributed by atoms with Gasteiger partial charge in [0.05, 0.1) is 0 Å². The van der Waals surface area contributed by atoms with E-state index in [2.05, 4.69) is 41.5 Å². The zero-order chi connectivity index (χ0) is 44.9. The van der Waals surface area contributed by atoms with Crippen molar-refractivity contribution < 1.29 is 28.6 Å². The second kappa shape index (κ2) is 46.4. The fourth-order valence-electron chi connectivity index (χ4n) is 8.29. The van der Waals surface area contributed by atoms with Gasteiger partial charge in [-0.15, -0.1) is 0 Å². The van der Waals surface area contributed by atoms with E-state index in [9.17, 15) is 14.4 Å². The van der Waals surface area contributed by atoms with Crippen LogP contribution >= 0.6 is 0 Å². The maximum atomic E-state index is 12.8. The van der Waals surface area contributed by atoms with Gasteiger partial charge in [0.1, 0.15) is 13.2 Å². The fourth-order valence-corrected chi connectivity index (χ4v) is 8.29. The zero-order valence-corrected chi connectivity index (χ0v) is 42.0. The molecule has 0 aromatic rings. The molecule has 0 rings (SSSR count). The molecule has 0 bridgehead atoms. The Labute approximate surface area is 380 Å². The SMILES string of the molecule is CC(C)CCCCCCCCCCCCCCCCCC(=O)OC[C@H](COC(=O)CCCCCCCCCCCCC(C)C)OC(=O)CCCCCCCCCCCC(C)C. The van der Waals surface area contributed by atoms with Crippen molar-refractivity contribution in [3.63, 3.8) is 0 Å². The van der Waals surface area contributed by atoms with E-state index in [0.717, 1.165) is 75.5 Å². The van der Waals surface area contributed by atoms with E-state index in [0.29, 0.717) is 19.3 Å². The first-order valence-electron chi connectivity index (χ1n) is 27.1. The number of carbonyl (C=O) groups excluding carboxylic acids is 3. The second-order valence-electron chi connectivity index (χ2n) is 20.3. The molecule has 6 heteroatoms. The van der Waals surface area contributed by atoms with Crippen molar-refractivity contribution in [1.82, 2.24) is 0 Å². The average molecular weight is 863 g/mol. The van der Waals surface area contributed by atoms with Gasteiger partial charge in [-0.3, -0.25) is 14.4 Å². The van der Waals surface area contributed by atoms with Crippen molar-refractivity contribution in [2.45, 2.75) is 304 Å². The maximum Gasteiger partial charge on any atom is 0.306 e. The smallest absolute Gasteiger partial charge is 0.306 e. The lowest BCUT2D eigenvalue weighted by molar-refractivity contribution is -0.167. The van der Waals surface area contributed by atoms with Crippen LogP contribution in [0.3, 0.4) is 0 Å². The standard InChI is InChI=1S/C55H106O6/c1-49(2)41-35-29-23-17-12-10-8-7-9-11-13-20-26-32-38-44-53(56)59-47-52(61-55(58)46-40-34-28-22-16-19-25-31-37-43-51(5)6)48-60-54(57)45-39-33-27-21-15-14-18-24-30-36-42-50(3)4/h49-52H,7-48H2,1-6H3/t52-/m1/s1. The van der Waals surface area contributed by atoms with E-state index in [-0.39, 0.29) is 31.1 Å². The summed E-state index contributed by atoms with van der Waals surface area (Å²) in [5, 5.41) is 0. The molecule has 0 fully saturated rings. The Morgan fingerprint density at radius 2 is 0.475 bits per heavy atom. The van der Waals surface area contributed by atoms with E-state index in [4.69, 9.17) is 14.2 Å². The highest BCUT2D eigenvalue weighted by atomic mass is 16.6. The van der Waals surface area contributed by atoms with Crippen molar-refractivity contribution in [1.29, 1.82) is 0 Å². The third-order valence-electron chi connectivity index (χ3n) is 12.4. The highest BCUT2D eigenvalue weighted by Gasteiger charge is 2.19. The molecular weight excluding hydrogens is 757 g/mol. The Morgan fingerprint density at radius 3 is 0.705 bits per heavy atom. The topological polar surface area (TPSA) is 78.9 Å². The summed E-state index contributed by atoms with van der Waals surface area (Å²) in [7, 11) is 0. The summed E-state index contributed by atoms with van der Waals surface area (Å²) in [6.07, 6.45) is 46.7. The molecule has 0 saturated heterocycles. The van der Waals surface area contributed by atoms with E-state index < -0.39 is 6.10 Å². The summed E-state index contributed by atoms with van der Waals surface area (Å²) < 4.78 is 16.8. The van der Waals surface area contributed by atoms with Crippen molar-refractivity contribution in [3.8, 4) is 0 Å². The van der Waals surface area contributed by atoms with Crippen molar-refractivity contribution in [2.75, 3.05) is 13.2 Å². The van der Waals surface area contributed by atoms with Gasteiger partial charge in [0.2, 0.25) is 0 Å². The largest absolute Gasteiger partial charge is 0.462 e. The molecule has 0 aliphatic rings.